The number of rotatable bonds is 6. The van der Waals surface area contributed by atoms with Crippen molar-refractivity contribution in [1.82, 2.24) is 14.4 Å². The summed E-state index contributed by atoms with van der Waals surface area (Å²) in [5.41, 5.74) is 1.60. The molecule has 0 spiro atoms. The first-order chi connectivity index (χ1) is 14.1. The smallest absolute Gasteiger partial charge is 0.245 e. The van der Waals surface area contributed by atoms with E-state index < -0.39 is 16.1 Å². The van der Waals surface area contributed by atoms with E-state index in [1.165, 1.54) is 9.71 Å². The number of benzene rings is 2. The minimum Gasteiger partial charge on any atom is -0.497 e. The van der Waals surface area contributed by atoms with Crippen molar-refractivity contribution in [3.63, 3.8) is 0 Å². The molecular formula is C21H21N3O4S. The Balaban J connectivity index is 1.55. The minimum atomic E-state index is -3.61. The first-order valence-corrected chi connectivity index (χ1v) is 10.8. The van der Waals surface area contributed by atoms with E-state index in [1.54, 1.807) is 13.2 Å². The molecule has 2 heterocycles. The second-order valence-electron chi connectivity index (χ2n) is 6.71. The molecule has 4 rings (SSSR count). The van der Waals surface area contributed by atoms with Crippen molar-refractivity contribution < 1.29 is 17.7 Å². The van der Waals surface area contributed by atoms with Crippen molar-refractivity contribution in [3.8, 4) is 17.1 Å². The van der Waals surface area contributed by atoms with Crippen LogP contribution in [0.5, 0.6) is 5.75 Å². The number of hydrogen-bond donors (Lipinski definition) is 0. The maximum absolute atomic E-state index is 12.9. The Bertz CT molecular complexity index is 1090. The van der Waals surface area contributed by atoms with Crippen molar-refractivity contribution in [2.75, 3.05) is 13.7 Å². The molecule has 8 heteroatoms. The molecule has 1 unspecified atom stereocenters. The quantitative estimate of drug-likeness (QED) is 0.612. The molecular weight excluding hydrogens is 390 g/mol. The van der Waals surface area contributed by atoms with Crippen LogP contribution in [0.2, 0.25) is 0 Å². The molecule has 0 bridgehead atoms. The summed E-state index contributed by atoms with van der Waals surface area (Å²) in [6.07, 6.45) is 2.98. The summed E-state index contributed by atoms with van der Waals surface area (Å²) in [5, 5.41) is 5.27. The maximum Gasteiger partial charge on any atom is 0.245 e. The second-order valence-corrected chi connectivity index (χ2v) is 8.48. The highest BCUT2D eigenvalue weighted by Crippen LogP contribution is 2.35. The lowest BCUT2D eigenvalue weighted by molar-refractivity contribution is 0.292. The Morgan fingerprint density at radius 3 is 2.62 bits per heavy atom. The Morgan fingerprint density at radius 2 is 1.90 bits per heavy atom. The van der Waals surface area contributed by atoms with E-state index in [1.807, 2.05) is 54.6 Å². The number of aromatic nitrogens is 2. The second kappa shape index (κ2) is 8.18. The van der Waals surface area contributed by atoms with Crippen LogP contribution in [-0.2, 0) is 10.0 Å². The zero-order chi connectivity index (χ0) is 20.3. The fourth-order valence-electron chi connectivity index (χ4n) is 3.33. The molecule has 1 aromatic heterocycles. The highest BCUT2D eigenvalue weighted by molar-refractivity contribution is 7.92. The lowest BCUT2D eigenvalue weighted by Gasteiger charge is -2.19. The summed E-state index contributed by atoms with van der Waals surface area (Å²) >= 11 is 0. The third-order valence-corrected chi connectivity index (χ3v) is 6.41. The molecule has 1 aliphatic heterocycles. The Hall–Kier alpha value is -2.97. The van der Waals surface area contributed by atoms with E-state index in [2.05, 4.69) is 10.1 Å². The molecule has 0 saturated carbocycles. The van der Waals surface area contributed by atoms with Gasteiger partial charge in [0, 0.05) is 17.5 Å². The predicted molar refractivity (Wildman–Crippen MR) is 109 cm³/mol. The van der Waals surface area contributed by atoms with Gasteiger partial charge in [-0.1, -0.05) is 35.5 Å². The molecule has 3 aromatic rings. The fourth-order valence-corrected chi connectivity index (χ4v) is 4.75. The average molecular weight is 411 g/mol. The first-order valence-electron chi connectivity index (χ1n) is 9.30. The maximum atomic E-state index is 12.9. The van der Waals surface area contributed by atoms with Crippen LogP contribution >= 0.6 is 0 Å². The van der Waals surface area contributed by atoms with Crippen LogP contribution in [0.4, 0.5) is 0 Å². The topological polar surface area (TPSA) is 85.5 Å². The summed E-state index contributed by atoms with van der Waals surface area (Å²) in [5.74, 6) is 1.47. The third-order valence-electron chi connectivity index (χ3n) is 4.84. The van der Waals surface area contributed by atoms with E-state index in [9.17, 15) is 8.42 Å². The molecule has 7 nitrogen and oxygen atoms in total. The lowest BCUT2D eigenvalue weighted by atomic mass is 10.2. The molecule has 0 amide bonds. The van der Waals surface area contributed by atoms with Gasteiger partial charge in [0.1, 0.15) is 11.8 Å². The van der Waals surface area contributed by atoms with Gasteiger partial charge in [0.05, 0.1) is 7.11 Å². The predicted octanol–water partition coefficient (Wildman–Crippen LogP) is 3.88. The molecule has 0 aliphatic carbocycles. The lowest BCUT2D eigenvalue weighted by Crippen LogP contribution is -2.29. The third kappa shape index (κ3) is 4.23. The summed E-state index contributed by atoms with van der Waals surface area (Å²) in [4.78, 5) is 4.45. The number of nitrogens with zero attached hydrogens (tertiary/aromatic N) is 3. The molecule has 1 aliphatic rings. The Kier molecular flexibility index (Phi) is 5.46. The molecule has 1 saturated heterocycles. The molecule has 1 atom stereocenters. The number of ether oxygens (including phenoxy) is 1. The van der Waals surface area contributed by atoms with Crippen LogP contribution in [0.3, 0.4) is 0 Å². The van der Waals surface area contributed by atoms with Crippen molar-refractivity contribution in [3.05, 3.63) is 71.5 Å². The molecule has 29 heavy (non-hydrogen) atoms. The van der Waals surface area contributed by atoms with E-state index in [4.69, 9.17) is 9.26 Å². The van der Waals surface area contributed by atoms with Gasteiger partial charge in [0.25, 0.3) is 0 Å². The van der Waals surface area contributed by atoms with Gasteiger partial charge in [0.15, 0.2) is 0 Å². The molecule has 2 aromatic carbocycles. The van der Waals surface area contributed by atoms with Crippen molar-refractivity contribution in [2.45, 2.75) is 18.9 Å². The summed E-state index contributed by atoms with van der Waals surface area (Å²) < 4.78 is 37.8. The minimum absolute atomic E-state index is 0.310. The number of hydrogen-bond acceptors (Lipinski definition) is 6. The van der Waals surface area contributed by atoms with Crippen LogP contribution in [0.1, 0.15) is 30.3 Å². The first kappa shape index (κ1) is 19.4. The number of sulfonamides is 1. The van der Waals surface area contributed by atoms with Crippen molar-refractivity contribution >= 4 is 16.1 Å². The average Bonchev–Trinajstić information content (AvgIpc) is 3.43. The Labute approximate surface area is 169 Å². The zero-order valence-corrected chi connectivity index (χ0v) is 16.7. The molecule has 1 fully saturated rings. The van der Waals surface area contributed by atoms with Gasteiger partial charge in [0.2, 0.25) is 21.7 Å². The fraction of sp³-hybridized carbons (Fsp3) is 0.238. The van der Waals surface area contributed by atoms with Gasteiger partial charge < -0.3 is 9.26 Å². The largest absolute Gasteiger partial charge is 0.497 e. The zero-order valence-electron chi connectivity index (χ0n) is 15.9. The standard InChI is InChI=1S/C21H21N3O4S/c1-27-18-11-9-17(10-12-18)20-22-21(28-23-20)19-8-5-14-24(19)29(25,26)15-13-16-6-3-2-4-7-16/h2-4,6-7,9-13,15,19H,5,8,14H2,1H3/b15-13+. The van der Waals surface area contributed by atoms with Gasteiger partial charge in [-0.2, -0.15) is 9.29 Å². The van der Waals surface area contributed by atoms with E-state index >= 15 is 0 Å². The van der Waals surface area contributed by atoms with Crippen LogP contribution in [-0.4, -0.2) is 36.5 Å². The monoisotopic (exact) mass is 411 g/mol. The molecule has 150 valence electrons. The van der Waals surface area contributed by atoms with E-state index in [-0.39, 0.29) is 0 Å². The summed E-state index contributed by atoms with van der Waals surface area (Å²) in [7, 11) is -2.01. The summed E-state index contributed by atoms with van der Waals surface area (Å²) in [6.45, 7) is 0.423. The van der Waals surface area contributed by atoms with Gasteiger partial charge in [-0.25, -0.2) is 8.42 Å². The molecule has 0 radical (unpaired) electrons. The van der Waals surface area contributed by atoms with Crippen molar-refractivity contribution in [1.29, 1.82) is 0 Å². The van der Waals surface area contributed by atoms with Gasteiger partial charge in [-0.05, 0) is 48.7 Å². The van der Waals surface area contributed by atoms with Crippen molar-refractivity contribution in [2.24, 2.45) is 0 Å². The van der Waals surface area contributed by atoms with Gasteiger partial charge in [-0.15, -0.1) is 0 Å². The SMILES string of the molecule is COc1ccc(-c2noc(C3CCCN3S(=O)(=O)/C=C/c3ccccc3)n2)cc1. The highest BCUT2D eigenvalue weighted by Gasteiger charge is 2.37. The van der Waals surface area contributed by atoms with Gasteiger partial charge in [-0.3, -0.25) is 0 Å². The van der Waals surface area contributed by atoms with Crippen LogP contribution in [0, 0.1) is 0 Å². The van der Waals surface area contributed by atoms with Gasteiger partial charge >= 0.3 is 0 Å². The number of methoxy groups -OCH3 is 1. The van der Waals surface area contributed by atoms with Crippen LogP contribution in [0.25, 0.3) is 17.5 Å². The Morgan fingerprint density at radius 1 is 1.14 bits per heavy atom. The van der Waals surface area contributed by atoms with Crippen LogP contribution < -0.4 is 4.74 Å². The van der Waals surface area contributed by atoms with E-state index in [0.29, 0.717) is 24.7 Å². The normalized spacial score (nSPS) is 17.8. The highest BCUT2D eigenvalue weighted by atomic mass is 32.2. The molecule has 0 N–H and O–H groups in total. The summed E-state index contributed by atoms with van der Waals surface area (Å²) in [6, 6.07) is 16.2. The van der Waals surface area contributed by atoms with Crippen LogP contribution in [0.15, 0.2) is 64.5 Å². The van der Waals surface area contributed by atoms with E-state index in [0.717, 1.165) is 23.3 Å².